The van der Waals surface area contributed by atoms with Crippen molar-refractivity contribution in [1.82, 2.24) is 0 Å². The molecule has 1 aromatic carbocycles. The summed E-state index contributed by atoms with van der Waals surface area (Å²) in [6.45, 7) is -0.210. The standard InChI is InChI=1S/C14H15F2N5O3/c15-12-7-23-8-13(16)21(12)10-3-1-2-9(4-10)20-6-11(5-18-19-17)24-14(20)22/h1-4,11-13H,5-8H2. The highest BCUT2D eigenvalue weighted by molar-refractivity contribution is 5.90. The monoisotopic (exact) mass is 339 g/mol. The van der Waals surface area contributed by atoms with E-state index in [1.165, 1.54) is 11.0 Å². The first-order valence-electron chi connectivity index (χ1n) is 7.33. The van der Waals surface area contributed by atoms with Crippen LogP contribution < -0.4 is 9.80 Å². The average molecular weight is 339 g/mol. The predicted octanol–water partition coefficient (Wildman–Crippen LogP) is 2.75. The van der Waals surface area contributed by atoms with Crippen LogP contribution in [0.2, 0.25) is 0 Å². The molecule has 3 unspecified atom stereocenters. The molecule has 24 heavy (non-hydrogen) atoms. The molecule has 10 heteroatoms. The first-order valence-corrected chi connectivity index (χ1v) is 7.33. The number of hydrogen-bond donors (Lipinski definition) is 0. The molecule has 1 aromatic rings. The van der Waals surface area contributed by atoms with Gasteiger partial charge in [0.05, 0.1) is 26.3 Å². The van der Waals surface area contributed by atoms with Gasteiger partial charge in [-0.1, -0.05) is 11.2 Å². The number of halogens is 2. The second-order valence-corrected chi connectivity index (χ2v) is 5.36. The molecule has 8 nitrogen and oxygen atoms in total. The molecule has 0 aliphatic carbocycles. The van der Waals surface area contributed by atoms with Crippen molar-refractivity contribution >= 4 is 17.5 Å². The molecule has 2 saturated heterocycles. The maximum absolute atomic E-state index is 14.0. The van der Waals surface area contributed by atoms with E-state index in [2.05, 4.69) is 10.0 Å². The van der Waals surface area contributed by atoms with Gasteiger partial charge in [0.25, 0.3) is 0 Å². The first-order chi connectivity index (χ1) is 11.6. The fraction of sp³-hybridized carbons (Fsp3) is 0.500. The van der Waals surface area contributed by atoms with Gasteiger partial charge in [-0.25, -0.2) is 13.6 Å². The molecule has 2 fully saturated rings. The van der Waals surface area contributed by atoms with E-state index in [0.717, 1.165) is 4.90 Å². The second-order valence-electron chi connectivity index (χ2n) is 5.36. The van der Waals surface area contributed by atoms with Gasteiger partial charge in [0.15, 0.2) is 12.6 Å². The molecule has 3 atom stereocenters. The lowest BCUT2D eigenvalue weighted by Crippen LogP contribution is -2.48. The van der Waals surface area contributed by atoms with Crippen LogP contribution in [0.3, 0.4) is 0 Å². The quantitative estimate of drug-likeness (QED) is 0.365. The summed E-state index contributed by atoms with van der Waals surface area (Å²) in [6.07, 6.45) is -4.36. The van der Waals surface area contributed by atoms with Crippen LogP contribution in [0.15, 0.2) is 29.4 Å². The zero-order valence-corrected chi connectivity index (χ0v) is 12.6. The summed E-state index contributed by atoms with van der Waals surface area (Å²) >= 11 is 0. The van der Waals surface area contributed by atoms with E-state index in [-0.39, 0.29) is 26.3 Å². The van der Waals surface area contributed by atoms with E-state index in [9.17, 15) is 13.6 Å². The van der Waals surface area contributed by atoms with Crippen LogP contribution in [0.4, 0.5) is 25.0 Å². The number of azide groups is 1. The number of cyclic esters (lactones) is 1. The molecular formula is C14H15F2N5O3. The van der Waals surface area contributed by atoms with Crippen molar-refractivity contribution in [2.24, 2.45) is 5.11 Å². The Labute approximate surface area is 136 Å². The van der Waals surface area contributed by atoms with Crippen LogP contribution in [0.25, 0.3) is 10.4 Å². The molecule has 0 N–H and O–H groups in total. The van der Waals surface area contributed by atoms with E-state index in [4.69, 9.17) is 15.0 Å². The van der Waals surface area contributed by atoms with Crippen LogP contribution in [0.5, 0.6) is 0 Å². The van der Waals surface area contributed by atoms with E-state index in [1.807, 2.05) is 0 Å². The van der Waals surface area contributed by atoms with Crippen LogP contribution >= 0.6 is 0 Å². The fourth-order valence-electron chi connectivity index (χ4n) is 2.70. The summed E-state index contributed by atoms with van der Waals surface area (Å²) < 4.78 is 37.9. The lowest BCUT2D eigenvalue weighted by molar-refractivity contribution is -0.00982. The minimum atomic E-state index is -1.60. The van der Waals surface area contributed by atoms with Gasteiger partial charge in [0.1, 0.15) is 6.10 Å². The number of nitrogens with zero attached hydrogens (tertiary/aromatic N) is 5. The van der Waals surface area contributed by atoms with Gasteiger partial charge in [-0.05, 0) is 23.7 Å². The molecule has 0 radical (unpaired) electrons. The smallest absolute Gasteiger partial charge is 0.414 e. The normalized spacial score (nSPS) is 26.9. The third kappa shape index (κ3) is 3.19. The molecule has 128 valence electrons. The minimum absolute atomic E-state index is 0.0288. The molecular weight excluding hydrogens is 324 g/mol. The largest absolute Gasteiger partial charge is 0.444 e. The van der Waals surface area contributed by atoms with Crippen LogP contribution in [-0.4, -0.2) is 51.1 Å². The Bertz CT molecular complexity index is 660. The van der Waals surface area contributed by atoms with Crippen molar-refractivity contribution < 1.29 is 23.0 Å². The van der Waals surface area contributed by atoms with Crippen molar-refractivity contribution in [1.29, 1.82) is 0 Å². The molecule has 2 heterocycles. The van der Waals surface area contributed by atoms with Crippen molar-refractivity contribution in [2.45, 2.75) is 18.7 Å². The van der Waals surface area contributed by atoms with Gasteiger partial charge in [-0.15, -0.1) is 0 Å². The SMILES string of the molecule is [N-]=[N+]=NCC1CN(c2cccc(N3C(F)COCC3F)c2)C(=O)O1. The van der Waals surface area contributed by atoms with Gasteiger partial charge in [-0.2, -0.15) is 0 Å². The van der Waals surface area contributed by atoms with Crippen molar-refractivity contribution in [3.63, 3.8) is 0 Å². The topological polar surface area (TPSA) is 90.8 Å². The number of benzene rings is 1. The molecule has 0 saturated carbocycles. The van der Waals surface area contributed by atoms with E-state index < -0.39 is 24.8 Å². The van der Waals surface area contributed by atoms with Crippen LogP contribution in [0.1, 0.15) is 0 Å². The fourth-order valence-corrected chi connectivity index (χ4v) is 2.70. The van der Waals surface area contributed by atoms with Gasteiger partial charge in [-0.3, -0.25) is 4.90 Å². The van der Waals surface area contributed by atoms with Crippen molar-refractivity contribution in [3.05, 3.63) is 34.7 Å². The highest BCUT2D eigenvalue weighted by Gasteiger charge is 2.34. The number of ether oxygens (including phenoxy) is 2. The molecule has 2 aliphatic rings. The third-order valence-corrected chi connectivity index (χ3v) is 3.78. The number of alkyl halides is 2. The molecule has 2 aliphatic heterocycles. The number of hydrogen-bond acceptors (Lipinski definition) is 5. The number of anilines is 2. The second kappa shape index (κ2) is 6.90. The Morgan fingerprint density at radius 3 is 2.71 bits per heavy atom. The lowest BCUT2D eigenvalue weighted by atomic mass is 10.2. The van der Waals surface area contributed by atoms with E-state index in [0.29, 0.717) is 11.4 Å². The van der Waals surface area contributed by atoms with Gasteiger partial charge in [0.2, 0.25) is 0 Å². The Kier molecular flexibility index (Phi) is 4.68. The first kappa shape index (κ1) is 16.3. The number of carbonyl (C=O) groups excluding carboxylic acids is 1. The van der Waals surface area contributed by atoms with E-state index in [1.54, 1.807) is 18.2 Å². The molecule has 1 amide bonds. The third-order valence-electron chi connectivity index (χ3n) is 3.78. The summed E-state index contributed by atoms with van der Waals surface area (Å²) in [7, 11) is 0. The minimum Gasteiger partial charge on any atom is -0.444 e. The van der Waals surface area contributed by atoms with Gasteiger partial charge >= 0.3 is 6.09 Å². The van der Waals surface area contributed by atoms with Gasteiger partial charge < -0.3 is 14.4 Å². The molecule has 0 bridgehead atoms. The zero-order chi connectivity index (χ0) is 17.1. The van der Waals surface area contributed by atoms with E-state index >= 15 is 0 Å². The van der Waals surface area contributed by atoms with Crippen LogP contribution in [-0.2, 0) is 9.47 Å². The summed E-state index contributed by atoms with van der Waals surface area (Å²) in [6, 6.07) is 6.32. The summed E-state index contributed by atoms with van der Waals surface area (Å²) in [4.78, 5) is 16.9. The molecule has 0 spiro atoms. The number of morpholine rings is 1. The van der Waals surface area contributed by atoms with Crippen LogP contribution in [0, 0.1) is 0 Å². The van der Waals surface area contributed by atoms with Crippen molar-refractivity contribution in [3.8, 4) is 0 Å². The number of carbonyl (C=O) groups is 1. The molecule has 0 aromatic heterocycles. The average Bonchev–Trinajstić information content (AvgIpc) is 2.94. The zero-order valence-electron chi connectivity index (χ0n) is 12.6. The maximum atomic E-state index is 14.0. The highest BCUT2D eigenvalue weighted by atomic mass is 19.2. The number of rotatable bonds is 4. The summed E-state index contributed by atoms with van der Waals surface area (Å²) in [5.41, 5.74) is 9.08. The summed E-state index contributed by atoms with van der Waals surface area (Å²) in [5.74, 6) is 0. The molecule has 3 rings (SSSR count). The van der Waals surface area contributed by atoms with Crippen molar-refractivity contribution in [2.75, 3.05) is 36.1 Å². The number of amides is 1. The Hall–Kier alpha value is -2.58. The maximum Gasteiger partial charge on any atom is 0.414 e. The Balaban J connectivity index is 1.80. The predicted molar refractivity (Wildman–Crippen MR) is 81.2 cm³/mol. The Morgan fingerprint density at radius 2 is 2.00 bits per heavy atom. The lowest BCUT2D eigenvalue weighted by Gasteiger charge is -2.35. The highest BCUT2D eigenvalue weighted by Crippen LogP contribution is 2.30. The summed E-state index contributed by atoms with van der Waals surface area (Å²) in [5, 5.41) is 3.38. The van der Waals surface area contributed by atoms with Gasteiger partial charge in [0, 0.05) is 16.3 Å². The Morgan fingerprint density at radius 1 is 1.29 bits per heavy atom.